The van der Waals surface area contributed by atoms with E-state index in [1.54, 1.807) is 6.92 Å². The van der Waals surface area contributed by atoms with Crippen LogP contribution in [0.1, 0.15) is 34.8 Å². The second-order valence-corrected chi connectivity index (χ2v) is 8.57. The SMILES string of the molecule is CCc1sc(-c2cc(O[C@@H](C)C(F)(F)F)c(C(=O)Nc3c(F)cccc3Cl)cc2F)nc1CO. The van der Waals surface area contributed by atoms with Crippen LogP contribution in [0.4, 0.5) is 27.6 Å². The van der Waals surface area contributed by atoms with Gasteiger partial charge >= 0.3 is 6.18 Å². The third kappa shape index (κ3) is 5.48. The Hall–Kier alpha value is -2.76. The highest BCUT2D eigenvalue weighted by Gasteiger charge is 2.39. The Morgan fingerprint density at radius 1 is 1.26 bits per heavy atom. The number of nitrogens with zero attached hydrogens (tertiary/aromatic N) is 1. The molecular formula is C22H18ClF5N2O3S. The van der Waals surface area contributed by atoms with E-state index in [1.807, 2.05) is 0 Å². The lowest BCUT2D eigenvalue weighted by atomic mass is 10.1. The number of nitrogens with one attached hydrogen (secondary N) is 1. The van der Waals surface area contributed by atoms with Crippen molar-refractivity contribution in [3.8, 4) is 16.3 Å². The van der Waals surface area contributed by atoms with Crippen molar-refractivity contribution in [1.29, 1.82) is 0 Å². The van der Waals surface area contributed by atoms with Gasteiger partial charge in [-0.15, -0.1) is 11.3 Å². The topological polar surface area (TPSA) is 71.5 Å². The average Bonchev–Trinajstić information content (AvgIpc) is 3.19. The molecule has 2 N–H and O–H groups in total. The molecule has 3 rings (SSSR count). The summed E-state index contributed by atoms with van der Waals surface area (Å²) in [5, 5.41) is 11.5. The molecule has 182 valence electrons. The number of halogens is 6. The van der Waals surface area contributed by atoms with E-state index in [1.165, 1.54) is 12.1 Å². The molecule has 1 heterocycles. The third-order valence-corrected chi connectivity index (χ3v) is 6.35. The number of carbonyl (C=O) groups excluding carboxylic acids is 1. The molecule has 0 spiro atoms. The maximum Gasteiger partial charge on any atom is 0.425 e. The summed E-state index contributed by atoms with van der Waals surface area (Å²) in [6, 6.07) is 5.21. The number of alkyl halides is 3. The van der Waals surface area contributed by atoms with Crippen LogP contribution in [0, 0.1) is 11.6 Å². The smallest absolute Gasteiger partial charge is 0.425 e. The molecule has 1 atom stereocenters. The van der Waals surface area contributed by atoms with Crippen molar-refractivity contribution >= 4 is 34.5 Å². The predicted octanol–water partition coefficient (Wildman–Crippen LogP) is 6.38. The number of hydrogen-bond acceptors (Lipinski definition) is 5. The lowest BCUT2D eigenvalue weighted by Gasteiger charge is -2.20. The van der Waals surface area contributed by atoms with Gasteiger partial charge in [-0.05, 0) is 37.6 Å². The molecule has 0 aliphatic heterocycles. The molecule has 34 heavy (non-hydrogen) atoms. The van der Waals surface area contributed by atoms with Crippen molar-refractivity contribution in [2.24, 2.45) is 0 Å². The zero-order chi connectivity index (χ0) is 25.2. The highest BCUT2D eigenvalue weighted by molar-refractivity contribution is 7.15. The van der Waals surface area contributed by atoms with E-state index in [-0.39, 0.29) is 15.6 Å². The zero-order valence-electron chi connectivity index (χ0n) is 17.8. The van der Waals surface area contributed by atoms with Crippen molar-refractivity contribution in [2.45, 2.75) is 39.2 Å². The number of rotatable bonds is 7. The van der Waals surface area contributed by atoms with E-state index in [9.17, 15) is 27.5 Å². The maximum absolute atomic E-state index is 15.0. The molecule has 0 saturated carbocycles. The van der Waals surface area contributed by atoms with Gasteiger partial charge in [-0.1, -0.05) is 24.6 Å². The van der Waals surface area contributed by atoms with Crippen molar-refractivity contribution < 1.29 is 36.6 Å². The molecule has 2 aromatic carbocycles. The largest absolute Gasteiger partial charge is 0.480 e. The van der Waals surface area contributed by atoms with Gasteiger partial charge < -0.3 is 15.2 Å². The van der Waals surface area contributed by atoms with Gasteiger partial charge in [-0.2, -0.15) is 13.2 Å². The number of ether oxygens (including phenoxy) is 1. The van der Waals surface area contributed by atoms with Crippen molar-refractivity contribution in [3.63, 3.8) is 0 Å². The first-order valence-corrected chi connectivity index (χ1v) is 11.1. The highest BCUT2D eigenvalue weighted by atomic mass is 35.5. The Bertz CT molecular complexity index is 1170. The van der Waals surface area contributed by atoms with Gasteiger partial charge in [-0.3, -0.25) is 4.79 Å². The Labute approximate surface area is 200 Å². The van der Waals surface area contributed by atoms with E-state index < -0.39 is 53.4 Å². The van der Waals surface area contributed by atoms with Gasteiger partial charge in [0.15, 0.2) is 6.10 Å². The summed E-state index contributed by atoms with van der Waals surface area (Å²) in [5.74, 6) is -3.59. The molecule has 1 aromatic heterocycles. The van der Waals surface area contributed by atoms with Gasteiger partial charge in [0, 0.05) is 10.4 Å². The Kier molecular flexibility index (Phi) is 7.79. The molecule has 0 aliphatic carbocycles. The van der Waals surface area contributed by atoms with E-state index in [2.05, 4.69) is 10.3 Å². The van der Waals surface area contributed by atoms with E-state index >= 15 is 4.39 Å². The van der Waals surface area contributed by atoms with Gasteiger partial charge in [0.1, 0.15) is 22.4 Å². The van der Waals surface area contributed by atoms with E-state index in [0.29, 0.717) is 23.1 Å². The van der Waals surface area contributed by atoms with Gasteiger partial charge in [0.05, 0.1) is 28.6 Å². The van der Waals surface area contributed by atoms with E-state index in [4.69, 9.17) is 16.3 Å². The number of benzene rings is 2. The van der Waals surface area contributed by atoms with Crippen LogP contribution in [-0.4, -0.2) is 28.3 Å². The molecule has 0 unspecified atom stereocenters. The fourth-order valence-electron chi connectivity index (χ4n) is 2.95. The average molecular weight is 521 g/mol. The second kappa shape index (κ2) is 10.2. The number of carbonyl (C=O) groups is 1. The lowest BCUT2D eigenvalue weighted by molar-refractivity contribution is -0.189. The summed E-state index contributed by atoms with van der Waals surface area (Å²) in [6.45, 7) is 2.12. The number of aryl methyl sites for hydroxylation is 1. The first-order valence-electron chi connectivity index (χ1n) is 9.88. The van der Waals surface area contributed by atoms with Crippen LogP contribution in [-0.2, 0) is 13.0 Å². The summed E-state index contributed by atoms with van der Waals surface area (Å²) in [6.07, 6.45) is -6.63. The van der Waals surface area contributed by atoms with Crippen LogP contribution in [0.3, 0.4) is 0 Å². The molecule has 0 bridgehead atoms. The lowest BCUT2D eigenvalue weighted by Crippen LogP contribution is -2.32. The minimum Gasteiger partial charge on any atom is -0.480 e. The summed E-state index contributed by atoms with van der Waals surface area (Å²) in [4.78, 5) is 17.6. The number of thiazole rings is 1. The van der Waals surface area contributed by atoms with Gasteiger partial charge in [0.2, 0.25) is 0 Å². The number of aliphatic hydroxyl groups is 1. The minimum absolute atomic E-state index is 0.0898. The number of amides is 1. The summed E-state index contributed by atoms with van der Waals surface area (Å²) in [7, 11) is 0. The van der Waals surface area contributed by atoms with Crippen LogP contribution in [0.15, 0.2) is 30.3 Å². The van der Waals surface area contributed by atoms with Crippen LogP contribution in [0.2, 0.25) is 5.02 Å². The number of hydrogen-bond donors (Lipinski definition) is 2. The Balaban J connectivity index is 2.10. The molecule has 0 radical (unpaired) electrons. The third-order valence-electron chi connectivity index (χ3n) is 4.76. The predicted molar refractivity (Wildman–Crippen MR) is 118 cm³/mol. The second-order valence-electron chi connectivity index (χ2n) is 7.08. The normalized spacial score (nSPS) is 12.5. The summed E-state index contributed by atoms with van der Waals surface area (Å²) < 4.78 is 73.6. The van der Waals surface area contributed by atoms with Crippen molar-refractivity contribution in [1.82, 2.24) is 4.98 Å². The van der Waals surface area contributed by atoms with Crippen LogP contribution in [0.25, 0.3) is 10.6 Å². The highest BCUT2D eigenvalue weighted by Crippen LogP contribution is 2.37. The van der Waals surface area contributed by atoms with Gasteiger partial charge in [0.25, 0.3) is 5.91 Å². The quantitative estimate of drug-likeness (QED) is 0.355. The fourth-order valence-corrected chi connectivity index (χ4v) is 4.18. The maximum atomic E-state index is 15.0. The molecule has 1 amide bonds. The first-order chi connectivity index (χ1) is 16.0. The molecule has 0 saturated heterocycles. The van der Waals surface area contributed by atoms with Crippen molar-refractivity contribution in [2.75, 3.05) is 5.32 Å². The number of para-hydroxylation sites is 1. The molecular weight excluding hydrogens is 503 g/mol. The number of aliphatic hydroxyl groups excluding tert-OH is 1. The molecule has 0 fully saturated rings. The molecule has 0 aliphatic rings. The molecule has 5 nitrogen and oxygen atoms in total. The molecule has 3 aromatic rings. The fraction of sp³-hybridized carbons (Fsp3) is 0.273. The first kappa shape index (κ1) is 25.9. The Morgan fingerprint density at radius 2 is 1.97 bits per heavy atom. The number of anilines is 1. The van der Waals surface area contributed by atoms with Crippen LogP contribution >= 0.6 is 22.9 Å². The minimum atomic E-state index is -4.78. The van der Waals surface area contributed by atoms with E-state index in [0.717, 1.165) is 30.4 Å². The summed E-state index contributed by atoms with van der Waals surface area (Å²) in [5.41, 5.74) is -0.937. The monoisotopic (exact) mass is 520 g/mol. The zero-order valence-corrected chi connectivity index (χ0v) is 19.3. The van der Waals surface area contributed by atoms with Crippen LogP contribution in [0.5, 0.6) is 5.75 Å². The van der Waals surface area contributed by atoms with Crippen LogP contribution < -0.4 is 10.1 Å². The Morgan fingerprint density at radius 3 is 2.53 bits per heavy atom. The van der Waals surface area contributed by atoms with Crippen molar-refractivity contribution in [3.05, 3.63) is 63.1 Å². The molecule has 12 heteroatoms. The summed E-state index contributed by atoms with van der Waals surface area (Å²) >= 11 is 6.94. The standard InChI is InChI=1S/C22H18ClF5N2O3S/c1-3-18-16(9-31)29-21(34-18)11-8-17(33-10(2)22(26,27)28)12(7-15(11)25)20(32)30-19-13(23)5-4-6-14(19)24/h4-8,10,31H,3,9H2,1-2H3,(H,30,32)/t10-/m0/s1. The van der Waals surface area contributed by atoms with Gasteiger partial charge in [-0.25, -0.2) is 13.8 Å². The number of aromatic nitrogens is 1.